The fraction of sp³-hybridized carbons (Fsp3) is 0.111. The maximum absolute atomic E-state index is 10.7. The van der Waals surface area contributed by atoms with Crippen LogP contribution in [0.1, 0.15) is 11.5 Å². The van der Waals surface area contributed by atoms with Gasteiger partial charge in [-0.25, -0.2) is 0 Å². The summed E-state index contributed by atoms with van der Waals surface area (Å²) in [5.41, 5.74) is 0.543. The van der Waals surface area contributed by atoms with Crippen LogP contribution in [0.4, 0.5) is 5.69 Å². The number of rotatable bonds is 2. The molecule has 0 atom stereocenters. The molecule has 82 valence electrons. The van der Waals surface area contributed by atoms with E-state index in [1.807, 2.05) is 0 Å². The molecule has 0 aliphatic carbocycles. The van der Waals surface area contributed by atoms with E-state index in [0.29, 0.717) is 5.56 Å². The summed E-state index contributed by atoms with van der Waals surface area (Å²) in [7, 11) is 0. The van der Waals surface area contributed by atoms with Crippen molar-refractivity contribution < 1.29 is 4.92 Å². The van der Waals surface area contributed by atoms with Gasteiger partial charge in [-0.3, -0.25) is 10.1 Å². The van der Waals surface area contributed by atoms with E-state index in [0.717, 1.165) is 11.7 Å². The molecule has 0 amide bonds. The molecular weight excluding hydrogens is 242 g/mol. The molecule has 8 heteroatoms. The van der Waals surface area contributed by atoms with E-state index >= 15 is 0 Å². The van der Waals surface area contributed by atoms with Crippen LogP contribution in [0.25, 0.3) is 11.0 Å². The Morgan fingerprint density at radius 1 is 1.29 bits per heavy atom. The maximum Gasteiger partial charge on any atom is 0.298 e. The lowest BCUT2D eigenvalue weighted by Crippen LogP contribution is -1.96. The molecule has 1 heterocycles. The molecule has 0 saturated heterocycles. The second-order valence-electron chi connectivity index (χ2n) is 3.08. The molecule has 2 rings (SSSR count). The summed E-state index contributed by atoms with van der Waals surface area (Å²) in [4.78, 5) is 10.2. The van der Waals surface area contributed by atoms with E-state index in [9.17, 15) is 10.1 Å². The van der Waals surface area contributed by atoms with Crippen molar-refractivity contribution in [3.8, 4) is 12.1 Å². The summed E-state index contributed by atoms with van der Waals surface area (Å²) in [6.07, 6.45) is 0. The molecule has 0 bridgehead atoms. The monoisotopic (exact) mass is 245 g/mol. The van der Waals surface area contributed by atoms with Gasteiger partial charge >= 0.3 is 0 Å². The molecule has 1 aromatic carbocycles. The first-order chi connectivity index (χ1) is 8.19. The lowest BCUT2D eigenvalue weighted by molar-refractivity contribution is -0.383. The summed E-state index contributed by atoms with van der Waals surface area (Å²) >= 11 is 0.814. The van der Waals surface area contributed by atoms with Crippen molar-refractivity contribution >= 4 is 28.4 Å². The number of nitro groups is 1. The van der Waals surface area contributed by atoms with Crippen molar-refractivity contribution in [2.45, 2.75) is 5.92 Å². The first kappa shape index (κ1) is 10.9. The van der Waals surface area contributed by atoms with E-state index in [1.54, 1.807) is 12.1 Å². The lowest BCUT2D eigenvalue weighted by atomic mass is 10.00. The average Bonchev–Trinajstić information content (AvgIpc) is 2.79. The highest BCUT2D eigenvalue weighted by atomic mass is 32.1. The van der Waals surface area contributed by atoms with Gasteiger partial charge in [0.05, 0.1) is 28.8 Å². The number of aromatic nitrogens is 2. The second kappa shape index (κ2) is 4.12. The van der Waals surface area contributed by atoms with Crippen LogP contribution in [0.2, 0.25) is 0 Å². The zero-order valence-electron chi connectivity index (χ0n) is 8.19. The summed E-state index contributed by atoms with van der Waals surface area (Å²) in [5, 5.41) is 28.4. The van der Waals surface area contributed by atoms with Crippen molar-refractivity contribution in [3.63, 3.8) is 0 Å². The number of fused-ring (bicyclic) bond motifs is 1. The van der Waals surface area contributed by atoms with Gasteiger partial charge in [-0.1, -0.05) is 0 Å². The van der Waals surface area contributed by atoms with Crippen LogP contribution in [0.5, 0.6) is 0 Å². The molecule has 0 fully saturated rings. The third kappa shape index (κ3) is 1.67. The van der Waals surface area contributed by atoms with Crippen LogP contribution >= 0.6 is 11.7 Å². The summed E-state index contributed by atoms with van der Waals surface area (Å²) in [5.74, 6) is -0.998. The Balaban J connectivity index is 2.75. The van der Waals surface area contributed by atoms with Gasteiger partial charge in [0.1, 0.15) is 5.52 Å². The molecule has 0 unspecified atom stereocenters. The normalized spacial score (nSPS) is 10.1. The van der Waals surface area contributed by atoms with Crippen molar-refractivity contribution in [1.82, 2.24) is 8.75 Å². The van der Waals surface area contributed by atoms with E-state index in [1.165, 1.54) is 12.1 Å². The highest BCUT2D eigenvalue weighted by molar-refractivity contribution is 7.00. The number of benzene rings is 1. The van der Waals surface area contributed by atoms with Crippen molar-refractivity contribution in [1.29, 1.82) is 10.5 Å². The third-order valence-electron chi connectivity index (χ3n) is 2.19. The third-order valence-corrected chi connectivity index (χ3v) is 2.72. The molecule has 17 heavy (non-hydrogen) atoms. The molecule has 0 radical (unpaired) electrons. The van der Waals surface area contributed by atoms with Crippen LogP contribution in [0, 0.1) is 32.8 Å². The minimum atomic E-state index is -0.998. The predicted molar refractivity (Wildman–Crippen MR) is 58.0 cm³/mol. The summed E-state index contributed by atoms with van der Waals surface area (Å²) < 4.78 is 7.72. The summed E-state index contributed by atoms with van der Waals surface area (Å²) in [6, 6.07) is 6.22. The van der Waals surface area contributed by atoms with Gasteiger partial charge in [0.25, 0.3) is 5.69 Å². The number of nitrogens with zero attached hydrogens (tertiary/aromatic N) is 5. The topological polar surface area (TPSA) is 116 Å². The molecule has 0 aliphatic heterocycles. The van der Waals surface area contributed by atoms with E-state index in [-0.39, 0.29) is 16.7 Å². The Hall–Kier alpha value is -2.58. The Morgan fingerprint density at radius 3 is 2.53 bits per heavy atom. The molecule has 2 aromatic rings. The van der Waals surface area contributed by atoms with Crippen molar-refractivity contribution in [3.05, 3.63) is 27.8 Å². The van der Waals surface area contributed by atoms with Crippen molar-refractivity contribution in [2.75, 3.05) is 0 Å². The first-order valence-corrected chi connectivity index (χ1v) is 5.11. The largest absolute Gasteiger partial charge is 0.298 e. The van der Waals surface area contributed by atoms with Crippen LogP contribution in [-0.4, -0.2) is 13.7 Å². The minimum Gasteiger partial charge on any atom is -0.258 e. The van der Waals surface area contributed by atoms with Gasteiger partial charge < -0.3 is 0 Å². The van der Waals surface area contributed by atoms with Gasteiger partial charge in [-0.15, -0.1) is 0 Å². The SMILES string of the molecule is N#CC(C#N)c1ccc([N+](=O)[O-])c2nsnc12. The zero-order chi connectivity index (χ0) is 12.4. The smallest absolute Gasteiger partial charge is 0.258 e. The van der Waals surface area contributed by atoms with Crippen molar-refractivity contribution in [2.24, 2.45) is 0 Å². The standard InChI is InChI=1S/C9H3N5O2S/c10-3-5(4-11)6-1-2-7(14(15)16)9-8(6)12-17-13-9/h1-2,5H. The Kier molecular flexibility index (Phi) is 2.65. The minimum absolute atomic E-state index is 0.119. The Bertz CT molecular complexity index is 667. The number of hydrogen-bond acceptors (Lipinski definition) is 7. The first-order valence-electron chi connectivity index (χ1n) is 4.38. The van der Waals surface area contributed by atoms with Gasteiger partial charge in [-0.2, -0.15) is 19.3 Å². The number of nitriles is 2. The Morgan fingerprint density at radius 2 is 1.94 bits per heavy atom. The van der Waals surface area contributed by atoms with Crippen LogP contribution < -0.4 is 0 Å². The van der Waals surface area contributed by atoms with E-state index in [2.05, 4.69) is 8.75 Å². The quantitative estimate of drug-likeness (QED) is 0.587. The highest BCUT2D eigenvalue weighted by Crippen LogP contribution is 2.30. The van der Waals surface area contributed by atoms with Crippen LogP contribution in [-0.2, 0) is 0 Å². The number of hydrogen-bond donors (Lipinski definition) is 0. The summed E-state index contributed by atoms with van der Waals surface area (Å²) in [6.45, 7) is 0. The Labute approximate surface area is 99.0 Å². The van der Waals surface area contributed by atoms with E-state index in [4.69, 9.17) is 10.5 Å². The molecule has 0 aliphatic rings. The average molecular weight is 245 g/mol. The molecule has 1 aromatic heterocycles. The van der Waals surface area contributed by atoms with E-state index < -0.39 is 10.8 Å². The van der Waals surface area contributed by atoms with Gasteiger partial charge in [0, 0.05) is 11.6 Å². The van der Waals surface area contributed by atoms with Crippen LogP contribution in [0.3, 0.4) is 0 Å². The van der Waals surface area contributed by atoms with Gasteiger partial charge in [-0.05, 0) is 6.07 Å². The molecule has 7 nitrogen and oxygen atoms in total. The molecule has 0 spiro atoms. The van der Waals surface area contributed by atoms with Gasteiger partial charge in [0.2, 0.25) is 0 Å². The highest BCUT2D eigenvalue weighted by Gasteiger charge is 2.22. The maximum atomic E-state index is 10.7. The molecule has 0 saturated carbocycles. The number of non-ortho nitro benzene ring substituents is 1. The van der Waals surface area contributed by atoms with Gasteiger partial charge in [0.15, 0.2) is 11.4 Å². The predicted octanol–water partition coefficient (Wildman–Crippen LogP) is 1.73. The van der Waals surface area contributed by atoms with Crippen LogP contribution in [0.15, 0.2) is 12.1 Å². The zero-order valence-corrected chi connectivity index (χ0v) is 9.01. The molecule has 0 N–H and O–H groups in total. The number of nitro benzene ring substituents is 1. The fourth-order valence-corrected chi connectivity index (χ4v) is 2.00. The fourth-order valence-electron chi connectivity index (χ4n) is 1.42. The molecular formula is C9H3N5O2S. The second-order valence-corrected chi connectivity index (χ2v) is 3.61. The lowest BCUT2D eigenvalue weighted by Gasteiger charge is -2.00.